The molecule has 2 aromatic heterocycles. The van der Waals surface area contributed by atoms with Gasteiger partial charge in [-0.25, -0.2) is 14.8 Å². The number of hydrogen-bond acceptors (Lipinski definition) is 5. The van der Waals surface area contributed by atoms with Gasteiger partial charge in [0, 0.05) is 26.3 Å². The predicted molar refractivity (Wildman–Crippen MR) is 114 cm³/mol. The highest BCUT2D eigenvalue weighted by molar-refractivity contribution is 7.98. The quantitative estimate of drug-likeness (QED) is 0.443. The van der Waals surface area contributed by atoms with Gasteiger partial charge in [0.05, 0.1) is 5.56 Å². The van der Waals surface area contributed by atoms with Gasteiger partial charge in [0.25, 0.3) is 5.56 Å². The van der Waals surface area contributed by atoms with Gasteiger partial charge < -0.3 is 0 Å². The van der Waals surface area contributed by atoms with Crippen molar-refractivity contribution in [1.29, 1.82) is 0 Å². The van der Waals surface area contributed by atoms with E-state index in [1.807, 2.05) is 20.8 Å². The second-order valence-corrected chi connectivity index (χ2v) is 9.53. The van der Waals surface area contributed by atoms with E-state index in [1.165, 1.54) is 35.5 Å². The zero-order valence-electron chi connectivity index (χ0n) is 17.9. The molecule has 0 spiro atoms. The van der Waals surface area contributed by atoms with Crippen LogP contribution in [0.5, 0.6) is 0 Å². The second kappa shape index (κ2) is 8.14. The van der Waals surface area contributed by atoms with E-state index in [-0.39, 0.29) is 16.4 Å². The van der Waals surface area contributed by atoms with Crippen molar-refractivity contribution >= 4 is 22.8 Å². The first-order chi connectivity index (χ1) is 14.3. The zero-order chi connectivity index (χ0) is 23.1. The van der Waals surface area contributed by atoms with Crippen molar-refractivity contribution in [2.75, 3.05) is 0 Å². The first kappa shape index (κ1) is 23.1. The van der Waals surface area contributed by atoms with Crippen LogP contribution >= 0.6 is 11.8 Å². The lowest BCUT2D eigenvalue weighted by molar-refractivity contribution is -0.137. The van der Waals surface area contributed by atoms with Gasteiger partial charge in [-0.2, -0.15) is 13.2 Å². The Balaban J connectivity index is 2.07. The molecule has 0 atom stereocenters. The van der Waals surface area contributed by atoms with Gasteiger partial charge in [-0.05, 0) is 23.1 Å². The number of benzene rings is 1. The standard InChI is InChI=1S/C21H23F3N4O2S/c1-20(2,3)10-14-25-16-15(18(29)28(5)19(30)27(16)4)17(26-14)31-11-12-6-8-13(9-7-12)21(22,23)24/h6-9H,10-11H2,1-5H3. The molecular weight excluding hydrogens is 429 g/mol. The van der Waals surface area contributed by atoms with Crippen LogP contribution in [0.4, 0.5) is 13.2 Å². The third-order valence-electron chi connectivity index (χ3n) is 4.66. The molecule has 0 bridgehead atoms. The molecule has 0 N–H and O–H groups in total. The number of alkyl halides is 3. The minimum absolute atomic E-state index is 0.123. The molecule has 0 aliphatic rings. The molecule has 0 aliphatic heterocycles. The molecule has 0 fully saturated rings. The fourth-order valence-corrected chi connectivity index (χ4v) is 4.06. The van der Waals surface area contributed by atoms with Gasteiger partial charge in [0.1, 0.15) is 16.2 Å². The van der Waals surface area contributed by atoms with Gasteiger partial charge >= 0.3 is 11.9 Å². The summed E-state index contributed by atoms with van der Waals surface area (Å²) in [4.78, 5) is 34.2. The smallest absolute Gasteiger partial charge is 0.280 e. The minimum atomic E-state index is -4.40. The summed E-state index contributed by atoms with van der Waals surface area (Å²) >= 11 is 1.23. The molecule has 0 aliphatic carbocycles. The third-order valence-corrected chi connectivity index (χ3v) is 5.70. The lowest BCUT2D eigenvalue weighted by atomic mass is 9.92. The zero-order valence-corrected chi connectivity index (χ0v) is 18.7. The van der Waals surface area contributed by atoms with Crippen LogP contribution in [0.25, 0.3) is 11.0 Å². The molecule has 6 nitrogen and oxygen atoms in total. The molecule has 2 heterocycles. The number of rotatable bonds is 4. The van der Waals surface area contributed by atoms with Gasteiger partial charge in [0.15, 0.2) is 5.65 Å². The first-order valence-electron chi connectivity index (χ1n) is 9.53. The molecule has 0 unspecified atom stereocenters. The average Bonchev–Trinajstić information content (AvgIpc) is 2.67. The number of halogens is 3. The first-order valence-corrected chi connectivity index (χ1v) is 10.5. The van der Waals surface area contributed by atoms with Crippen LogP contribution in [0.3, 0.4) is 0 Å². The van der Waals surface area contributed by atoms with Crippen molar-refractivity contribution in [3.63, 3.8) is 0 Å². The van der Waals surface area contributed by atoms with E-state index >= 15 is 0 Å². The monoisotopic (exact) mass is 452 g/mol. The highest BCUT2D eigenvalue weighted by atomic mass is 32.2. The maximum atomic E-state index is 12.8. The molecular formula is C21H23F3N4O2S. The molecule has 0 amide bonds. The Morgan fingerprint density at radius 1 is 0.968 bits per heavy atom. The lowest BCUT2D eigenvalue weighted by Crippen LogP contribution is -2.38. The van der Waals surface area contributed by atoms with E-state index in [9.17, 15) is 22.8 Å². The minimum Gasteiger partial charge on any atom is -0.280 e. The Kier molecular flexibility index (Phi) is 6.05. The van der Waals surface area contributed by atoms with E-state index in [4.69, 9.17) is 0 Å². The Morgan fingerprint density at radius 3 is 2.13 bits per heavy atom. The van der Waals surface area contributed by atoms with Crippen LogP contribution < -0.4 is 11.2 Å². The summed E-state index contributed by atoms with van der Waals surface area (Å²) in [5.74, 6) is 0.809. The summed E-state index contributed by atoms with van der Waals surface area (Å²) in [5.41, 5.74) is -0.931. The van der Waals surface area contributed by atoms with Crippen molar-refractivity contribution in [2.24, 2.45) is 19.5 Å². The fourth-order valence-electron chi connectivity index (χ4n) is 3.07. The molecule has 3 aromatic rings. The van der Waals surface area contributed by atoms with Gasteiger partial charge in [-0.1, -0.05) is 32.9 Å². The van der Waals surface area contributed by atoms with Crippen LogP contribution in [0.1, 0.15) is 37.7 Å². The van der Waals surface area contributed by atoms with Crippen molar-refractivity contribution in [2.45, 2.75) is 44.1 Å². The topological polar surface area (TPSA) is 69.8 Å². The fraction of sp³-hybridized carbons (Fsp3) is 0.429. The van der Waals surface area contributed by atoms with Crippen LogP contribution in [-0.2, 0) is 32.4 Å². The summed E-state index contributed by atoms with van der Waals surface area (Å²) in [6.07, 6.45) is -3.87. The van der Waals surface area contributed by atoms with E-state index in [1.54, 1.807) is 7.05 Å². The predicted octanol–water partition coefficient (Wildman–Crippen LogP) is 3.93. The normalized spacial score (nSPS) is 12.5. The lowest BCUT2D eigenvalue weighted by Gasteiger charge is -2.18. The maximum Gasteiger partial charge on any atom is 0.416 e. The average molecular weight is 453 g/mol. The Labute approximate surface area is 181 Å². The third kappa shape index (κ3) is 5.00. The largest absolute Gasteiger partial charge is 0.416 e. The van der Waals surface area contributed by atoms with E-state index in [2.05, 4.69) is 9.97 Å². The SMILES string of the molecule is Cn1c(=O)c2c(SCc3ccc(C(F)(F)F)cc3)nc(CC(C)(C)C)nc2n(C)c1=O. The van der Waals surface area contributed by atoms with E-state index in [0.29, 0.717) is 28.6 Å². The summed E-state index contributed by atoms with van der Waals surface area (Å²) < 4.78 is 40.7. The van der Waals surface area contributed by atoms with Crippen LogP contribution in [0.15, 0.2) is 38.9 Å². The number of thioether (sulfide) groups is 1. The number of aryl methyl sites for hydroxylation is 1. The van der Waals surface area contributed by atoms with Crippen LogP contribution in [0.2, 0.25) is 0 Å². The van der Waals surface area contributed by atoms with Gasteiger partial charge in [-0.15, -0.1) is 11.8 Å². The highest BCUT2D eigenvalue weighted by Gasteiger charge is 2.30. The summed E-state index contributed by atoms with van der Waals surface area (Å²) in [7, 11) is 2.93. The Morgan fingerprint density at radius 2 is 1.58 bits per heavy atom. The van der Waals surface area contributed by atoms with Crippen LogP contribution in [0, 0.1) is 5.41 Å². The van der Waals surface area contributed by atoms with E-state index < -0.39 is 23.0 Å². The molecule has 0 saturated carbocycles. The molecule has 1 aromatic carbocycles. The maximum absolute atomic E-state index is 12.8. The molecule has 31 heavy (non-hydrogen) atoms. The number of hydrogen-bond donors (Lipinski definition) is 0. The van der Waals surface area contributed by atoms with Crippen molar-refractivity contribution < 1.29 is 13.2 Å². The van der Waals surface area contributed by atoms with Gasteiger partial charge in [0.2, 0.25) is 0 Å². The highest BCUT2D eigenvalue weighted by Crippen LogP contribution is 2.31. The molecule has 3 rings (SSSR count). The second-order valence-electron chi connectivity index (χ2n) is 8.57. The summed E-state index contributed by atoms with van der Waals surface area (Å²) in [5, 5.41) is 0.625. The summed E-state index contributed by atoms with van der Waals surface area (Å²) in [6.45, 7) is 6.08. The molecule has 0 saturated heterocycles. The van der Waals surface area contributed by atoms with Crippen LogP contribution in [-0.4, -0.2) is 19.1 Å². The van der Waals surface area contributed by atoms with E-state index in [0.717, 1.165) is 16.7 Å². The molecule has 0 radical (unpaired) electrons. The number of fused-ring (bicyclic) bond motifs is 1. The number of aromatic nitrogens is 4. The van der Waals surface area contributed by atoms with Crippen molar-refractivity contribution in [3.8, 4) is 0 Å². The Hall–Kier alpha value is -2.62. The van der Waals surface area contributed by atoms with Crippen molar-refractivity contribution in [1.82, 2.24) is 19.1 Å². The Bertz CT molecular complexity index is 1240. The number of nitrogens with zero attached hydrogens (tertiary/aromatic N) is 4. The van der Waals surface area contributed by atoms with Crippen molar-refractivity contribution in [3.05, 3.63) is 62.1 Å². The molecule has 10 heteroatoms. The van der Waals surface area contributed by atoms with Gasteiger partial charge in [-0.3, -0.25) is 13.9 Å². The molecule has 166 valence electrons. The summed E-state index contributed by atoms with van der Waals surface area (Å²) in [6, 6.07) is 4.87.